The second-order valence-corrected chi connectivity index (χ2v) is 6.10. The Morgan fingerprint density at radius 2 is 1.67 bits per heavy atom. The van der Waals surface area contributed by atoms with Crippen LogP contribution >= 0.6 is 7.82 Å². The molecule has 126 valence electrons. The normalized spacial score (nSPS) is 34.1. The summed E-state index contributed by atoms with van der Waals surface area (Å²) in [7, 11) is -1.31. The van der Waals surface area contributed by atoms with E-state index in [2.05, 4.69) is 9.05 Å². The molecule has 0 aromatic rings. The Balaban J connectivity index is 2.42. The van der Waals surface area contributed by atoms with Gasteiger partial charge in [0.05, 0.1) is 19.8 Å². The number of aliphatic hydroxyl groups is 4. The minimum absolute atomic E-state index is 0.153. The highest BCUT2D eigenvalue weighted by atomic mass is 31.2. The van der Waals surface area contributed by atoms with Gasteiger partial charge in [0.1, 0.15) is 24.4 Å². The summed E-state index contributed by atoms with van der Waals surface area (Å²) in [5.41, 5.74) is 0. The first-order valence-electron chi connectivity index (χ1n) is 6.16. The van der Waals surface area contributed by atoms with Crippen molar-refractivity contribution in [2.45, 2.75) is 30.7 Å². The monoisotopic (exact) mass is 332 g/mol. The summed E-state index contributed by atoms with van der Waals surface area (Å²) in [5, 5.41) is 37.8. The number of phosphoric ester groups is 1. The first kappa shape index (κ1) is 18.9. The molecule has 1 heterocycles. The highest BCUT2D eigenvalue weighted by Crippen LogP contribution is 2.47. The second-order valence-electron chi connectivity index (χ2n) is 4.21. The lowest BCUT2D eigenvalue weighted by Gasteiger charge is -2.39. The maximum absolute atomic E-state index is 11.6. The molecule has 0 aromatic heterocycles. The minimum Gasteiger partial charge on any atom is -0.394 e. The molecule has 0 saturated carbocycles. The van der Waals surface area contributed by atoms with Crippen LogP contribution < -0.4 is 0 Å². The second kappa shape index (κ2) is 8.49. The summed E-state index contributed by atoms with van der Waals surface area (Å²) in [6, 6.07) is 0. The van der Waals surface area contributed by atoms with Crippen molar-refractivity contribution in [2.75, 3.05) is 34.0 Å². The molecule has 0 bridgehead atoms. The zero-order chi connectivity index (χ0) is 16.0. The lowest BCUT2D eigenvalue weighted by molar-refractivity contribution is -0.301. The molecule has 0 aromatic carbocycles. The van der Waals surface area contributed by atoms with E-state index in [-0.39, 0.29) is 13.2 Å². The van der Waals surface area contributed by atoms with E-state index in [4.69, 9.17) is 19.1 Å². The van der Waals surface area contributed by atoms with Gasteiger partial charge >= 0.3 is 7.82 Å². The van der Waals surface area contributed by atoms with E-state index in [1.807, 2.05) is 0 Å². The molecule has 21 heavy (non-hydrogen) atoms. The molecule has 0 spiro atoms. The van der Waals surface area contributed by atoms with Crippen LogP contribution in [0, 0.1) is 0 Å². The summed E-state index contributed by atoms with van der Waals surface area (Å²) in [6.45, 7) is -0.892. The maximum Gasteiger partial charge on any atom is 0.474 e. The zero-order valence-electron chi connectivity index (χ0n) is 11.7. The molecule has 11 heteroatoms. The van der Waals surface area contributed by atoms with E-state index in [9.17, 15) is 19.9 Å². The van der Waals surface area contributed by atoms with E-state index in [1.54, 1.807) is 0 Å². The number of hydrogen-bond acceptors (Lipinski definition) is 10. The predicted molar refractivity (Wildman–Crippen MR) is 67.3 cm³/mol. The fourth-order valence-corrected chi connectivity index (χ4v) is 2.36. The molecule has 0 aliphatic carbocycles. The van der Waals surface area contributed by atoms with Crippen LogP contribution in [0.4, 0.5) is 0 Å². The van der Waals surface area contributed by atoms with Crippen LogP contribution in [0.25, 0.3) is 0 Å². The van der Waals surface area contributed by atoms with E-state index in [0.29, 0.717) is 0 Å². The summed E-state index contributed by atoms with van der Waals surface area (Å²) in [6.07, 6.45) is -6.80. The lowest BCUT2D eigenvalue weighted by Crippen LogP contribution is -2.59. The summed E-state index contributed by atoms with van der Waals surface area (Å²) in [5.74, 6) is 0. The van der Waals surface area contributed by atoms with E-state index >= 15 is 0 Å². The Morgan fingerprint density at radius 3 is 2.19 bits per heavy atom. The van der Waals surface area contributed by atoms with Crippen LogP contribution in [-0.4, -0.2) is 85.2 Å². The topological polar surface area (TPSA) is 144 Å². The summed E-state index contributed by atoms with van der Waals surface area (Å²) < 4.78 is 35.7. The summed E-state index contributed by atoms with van der Waals surface area (Å²) >= 11 is 0. The standard InChI is InChI=1S/C10H21O10P/c1-16-21(15,17-2)19-4-3-18-10-9(14)8(13)7(12)6(5-11)20-10/h6-14H,3-5H2,1-2H3/t6-,7-,8+,9+,10+/m1/s1. The molecular formula is C10H21O10P. The van der Waals surface area contributed by atoms with Gasteiger partial charge in [-0.25, -0.2) is 4.57 Å². The quantitative estimate of drug-likeness (QED) is 0.297. The number of rotatable bonds is 8. The molecule has 4 N–H and O–H groups in total. The van der Waals surface area contributed by atoms with Gasteiger partial charge in [-0.05, 0) is 0 Å². The number of hydrogen-bond donors (Lipinski definition) is 4. The van der Waals surface area contributed by atoms with Crippen molar-refractivity contribution < 1.29 is 48.0 Å². The van der Waals surface area contributed by atoms with Crippen molar-refractivity contribution in [2.24, 2.45) is 0 Å². The van der Waals surface area contributed by atoms with Gasteiger partial charge in [0.2, 0.25) is 0 Å². The van der Waals surface area contributed by atoms with Crippen LogP contribution in [0.5, 0.6) is 0 Å². The van der Waals surface area contributed by atoms with Gasteiger partial charge < -0.3 is 29.9 Å². The molecule has 0 amide bonds. The molecule has 10 nitrogen and oxygen atoms in total. The van der Waals surface area contributed by atoms with E-state index in [0.717, 1.165) is 14.2 Å². The first-order valence-corrected chi connectivity index (χ1v) is 7.62. The maximum atomic E-state index is 11.6. The third-order valence-corrected chi connectivity index (χ3v) is 4.30. The van der Waals surface area contributed by atoms with Crippen LogP contribution in [0.1, 0.15) is 0 Å². The smallest absolute Gasteiger partial charge is 0.394 e. The van der Waals surface area contributed by atoms with Crippen molar-refractivity contribution in [3.63, 3.8) is 0 Å². The van der Waals surface area contributed by atoms with Crippen molar-refractivity contribution >= 4 is 7.82 Å². The van der Waals surface area contributed by atoms with Gasteiger partial charge in [-0.1, -0.05) is 0 Å². The Bertz CT molecular complexity index is 343. The highest BCUT2D eigenvalue weighted by Gasteiger charge is 2.44. The molecule has 0 unspecified atom stereocenters. The fourth-order valence-electron chi connectivity index (χ4n) is 1.70. The van der Waals surface area contributed by atoms with Crippen molar-refractivity contribution in [3.8, 4) is 0 Å². The minimum atomic E-state index is -3.62. The molecule has 1 rings (SSSR count). The molecule has 1 aliphatic heterocycles. The molecule has 1 aliphatic rings. The fraction of sp³-hybridized carbons (Fsp3) is 1.00. The lowest BCUT2D eigenvalue weighted by atomic mass is 9.99. The van der Waals surface area contributed by atoms with Gasteiger partial charge in [0, 0.05) is 14.2 Å². The molecule has 1 fully saturated rings. The Kier molecular flexibility index (Phi) is 7.65. The zero-order valence-corrected chi connectivity index (χ0v) is 12.6. The van der Waals surface area contributed by atoms with Crippen LogP contribution in [0.2, 0.25) is 0 Å². The Morgan fingerprint density at radius 1 is 1.05 bits per heavy atom. The average Bonchev–Trinajstić information content (AvgIpc) is 2.50. The van der Waals surface area contributed by atoms with Crippen molar-refractivity contribution in [1.82, 2.24) is 0 Å². The van der Waals surface area contributed by atoms with Crippen molar-refractivity contribution in [1.29, 1.82) is 0 Å². The number of ether oxygens (including phenoxy) is 2. The highest BCUT2D eigenvalue weighted by molar-refractivity contribution is 7.48. The van der Waals surface area contributed by atoms with E-state index < -0.39 is 45.1 Å². The van der Waals surface area contributed by atoms with Crippen molar-refractivity contribution in [3.05, 3.63) is 0 Å². The number of aliphatic hydroxyl groups excluding tert-OH is 4. The number of phosphoric acid groups is 1. The average molecular weight is 332 g/mol. The third-order valence-electron chi connectivity index (χ3n) is 2.91. The van der Waals surface area contributed by atoms with Crippen LogP contribution in [0.3, 0.4) is 0 Å². The van der Waals surface area contributed by atoms with Crippen LogP contribution in [0.15, 0.2) is 0 Å². The van der Waals surface area contributed by atoms with Crippen LogP contribution in [-0.2, 0) is 27.6 Å². The van der Waals surface area contributed by atoms with Gasteiger partial charge in [-0.2, -0.15) is 0 Å². The molecule has 5 atom stereocenters. The largest absolute Gasteiger partial charge is 0.474 e. The van der Waals surface area contributed by atoms with E-state index in [1.165, 1.54) is 0 Å². The van der Waals surface area contributed by atoms with Gasteiger partial charge in [0.25, 0.3) is 0 Å². The first-order chi connectivity index (χ1) is 9.88. The predicted octanol–water partition coefficient (Wildman–Crippen LogP) is -1.78. The molecule has 0 radical (unpaired) electrons. The third kappa shape index (κ3) is 4.93. The molecular weight excluding hydrogens is 311 g/mol. The molecule has 1 saturated heterocycles. The van der Waals surface area contributed by atoms with Gasteiger partial charge in [0.15, 0.2) is 6.29 Å². The summed E-state index contributed by atoms with van der Waals surface area (Å²) in [4.78, 5) is 0. The van der Waals surface area contributed by atoms with Gasteiger partial charge in [-0.15, -0.1) is 0 Å². The Hall–Kier alpha value is -0.130. The van der Waals surface area contributed by atoms with Gasteiger partial charge in [-0.3, -0.25) is 13.6 Å². The Labute approximate surface area is 121 Å². The SMILES string of the molecule is COP(=O)(OC)OCCO[C@H]1O[C@H](CO)[C@@H](O)[C@H](O)[C@@H]1O.